The van der Waals surface area contributed by atoms with Gasteiger partial charge in [-0.25, -0.2) is 9.97 Å². The minimum absolute atomic E-state index is 0.114. The minimum Gasteiger partial charge on any atom is -0.474 e. The van der Waals surface area contributed by atoms with Crippen LogP contribution in [0.2, 0.25) is 0 Å². The molecule has 0 aliphatic rings. The fourth-order valence-electron chi connectivity index (χ4n) is 0.833. The monoisotopic (exact) mass is 148 g/mol. The maximum absolute atomic E-state index is 5.16. The van der Waals surface area contributed by atoms with Gasteiger partial charge in [0, 0.05) is 17.9 Å². The summed E-state index contributed by atoms with van der Waals surface area (Å²) in [4.78, 5) is 8.02. The lowest BCUT2D eigenvalue weighted by molar-refractivity contribution is 0.353. The van der Waals surface area contributed by atoms with Crippen LogP contribution in [0.25, 0.3) is 0 Å². The molecule has 1 heterocycles. The molecule has 11 heavy (non-hydrogen) atoms. The first-order chi connectivity index (χ1) is 5.22. The predicted molar refractivity (Wildman–Crippen MR) is 42.8 cm³/mol. The number of aromatic nitrogens is 2. The highest BCUT2D eigenvalue weighted by Gasteiger charge is 1.97. The molecule has 0 bridgehead atoms. The first-order valence-electron chi connectivity index (χ1n) is 3.37. The highest BCUT2D eigenvalue weighted by molar-refractivity contribution is 6.08. The van der Waals surface area contributed by atoms with Gasteiger partial charge in [-0.15, -0.1) is 0 Å². The summed E-state index contributed by atoms with van der Waals surface area (Å²) in [6.07, 6.45) is 0. The van der Waals surface area contributed by atoms with Gasteiger partial charge >= 0.3 is 6.01 Å². The summed E-state index contributed by atoms with van der Waals surface area (Å²) in [7, 11) is 5.16. The van der Waals surface area contributed by atoms with Crippen molar-refractivity contribution in [1.82, 2.24) is 9.97 Å². The molecule has 0 saturated heterocycles. The molecule has 56 valence electrons. The molecule has 2 radical (unpaired) electrons. The van der Waals surface area contributed by atoms with Crippen LogP contribution in [0, 0.1) is 13.8 Å². The minimum atomic E-state index is 0.114. The van der Waals surface area contributed by atoms with Gasteiger partial charge in [0.15, 0.2) is 0 Å². The number of nitrogens with zero attached hydrogens (tertiary/aromatic N) is 2. The van der Waals surface area contributed by atoms with E-state index in [1.54, 1.807) is 0 Å². The summed E-state index contributed by atoms with van der Waals surface area (Å²) in [6.45, 7) is 3.89. The van der Waals surface area contributed by atoms with Gasteiger partial charge in [-0.1, -0.05) is 0 Å². The Balaban J connectivity index is 2.89. The second-order valence-corrected chi connectivity index (χ2v) is 2.24. The van der Waals surface area contributed by atoms with Crippen LogP contribution in [0.3, 0.4) is 0 Å². The standard InChI is InChI=1S/C7H9BN2O/c1-5-3-6(2)10-7(9-5)11-4-8/h3H,4H2,1-2H3. The van der Waals surface area contributed by atoms with Crippen molar-refractivity contribution >= 4 is 7.85 Å². The molecule has 0 N–H and O–H groups in total. The quantitative estimate of drug-likeness (QED) is 0.576. The third-order valence-corrected chi connectivity index (χ3v) is 1.17. The van der Waals surface area contributed by atoms with Crippen molar-refractivity contribution in [1.29, 1.82) is 0 Å². The number of rotatable bonds is 2. The fraction of sp³-hybridized carbons (Fsp3) is 0.429. The van der Waals surface area contributed by atoms with E-state index in [4.69, 9.17) is 12.6 Å². The summed E-state index contributed by atoms with van der Waals surface area (Å²) in [6, 6.07) is 2.23. The average Bonchev–Trinajstić information content (AvgIpc) is 1.85. The maximum atomic E-state index is 5.16. The van der Waals surface area contributed by atoms with Crippen molar-refractivity contribution in [3.63, 3.8) is 0 Å². The van der Waals surface area contributed by atoms with E-state index in [0.717, 1.165) is 11.4 Å². The van der Waals surface area contributed by atoms with Gasteiger partial charge in [-0.05, 0) is 19.9 Å². The van der Waals surface area contributed by atoms with E-state index >= 15 is 0 Å². The Morgan fingerprint density at radius 1 is 1.36 bits per heavy atom. The Morgan fingerprint density at radius 3 is 2.36 bits per heavy atom. The van der Waals surface area contributed by atoms with E-state index in [2.05, 4.69) is 9.97 Å². The Kier molecular flexibility index (Phi) is 2.46. The van der Waals surface area contributed by atoms with E-state index in [0.29, 0.717) is 6.01 Å². The van der Waals surface area contributed by atoms with Crippen molar-refractivity contribution in [3.05, 3.63) is 17.5 Å². The Bertz CT molecular complexity index is 232. The average molecular weight is 148 g/mol. The summed E-state index contributed by atoms with van der Waals surface area (Å²) in [5, 5.41) is 0. The van der Waals surface area contributed by atoms with E-state index in [1.807, 2.05) is 19.9 Å². The largest absolute Gasteiger partial charge is 0.474 e. The molecule has 0 unspecified atom stereocenters. The van der Waals surface area contributed by atoms with Crippen molar-refractivity contribution in [2.45, 2.75) is 13.8 Å². The summed E-state index contributed by atoms with van der Waals surface area (Å²) in [5.41, 5.74) is 1.78. The molecular formula is C7H9BN2O. The summed E-state index contributed by atoms with van der Waals surface area (Å²) in [5.74, 6) is 0. The van der Waals surface area contributed by atoms with Crippen molar-refractivity contribution in [3.8, 4) is 6.01 Å². The van der Waals surface area contributed by atoms with E-state index in [1.165, 1.54) is 0 Å². The highest BCUT2D eigenvalue weighted by Crippen LogP contribution is 2.04. The lowest BCUT2D eigenvalue weighted by Gasteiger charge is -2.02. The first kappa shape index (κ1) is 8.05. The van der Waals surface area contributed by atoms with E-state index in [9.17, 15) is 0 Å². The van der Waals surface area contributed by atoms with Gasteiger partial charge in [-0.3, -0.25) is 0 Å². The van der Waals surface area contributed by atoms with Crippen LogP contribution < -0.4 is 4.74 Å². The molecule has 0 fully saturated rings. The molecule has 0 aromatic carbocycles. The molecule has 0 aliphatic heterocycles. The molecule has 0 atom stereocenters. The topological polar surface area (TPSA) is 35.0 Å². The number of hydrogen-bond donors (Lipinski definition) is 0. The molecule has 4 heteroatoms. The number of aryl methyl sites for hydroxylation is 2. The zero-order chi connectivity index (χ0) is 8.27. The van der Waals surface area contributed by atoms with Crippen molar-refractivity contribution < 1.29 is 4.74 Å². The van der Waals surface area contributed by atoms with E-state index in [-0.39, 0.29) is 6.51 Å². The first-order valence-corrected chi connectivity index (χ1v) is 3.37. The van der Waals surface area contributed by atoms with Gasteiger partial charge in [-0.2, -0.15) is 0 Å². The fourth-order valence-corrected chi connectivity index (χ4v) is 0.833. The van der Waals surface area contributed by atoms with Gasteiger partial charge in [0.2, 0.25) is 0 Å². The SMILES string of the molecule is [B]COc1nc(C)cc(C)n1. The van der Waals surface area contributed by atoms with Gasteiger partial charge in [0.25, 0.3) is 0 Å². The van der Waals surface area contributed by atoms with Crippen molar-refractivity contribution in [2.24, 2.45) is 0 Å². The third kappa shape index (κ3) is 2.22. The molecule has 0 saturated carbocycles. The molecule has 0 spiro atoms. The Labute approximate surface area is 67.2 Å². The third-order valence-electron chi connectivity index (χ3n) is 1.17. The molecule has 1 rings (SSSR count). The van der Waals surface area contributed by atoms with Crippen LogP contribution in [0.1, 0.15) is 11.4 Å². The second-order valence-electron chi connectivity index (χ2n) is 2.24. The smallest absolute Gasteiger partial charge is 0.315 e. The second kappa shape index (κ2) is 3.37. The van der Waals surface area contributed by atoms with Gasteiger partial charge in [0.05, 0.1) is 0 Å². The molecule has 1 aromatic rings. The zero-order valence-corrected chi connectivity index (χ0v) is 6.66. The van der Waals surface area contributed by atoms with Crippen LogP contribution in [0.15, 0.2) is 6.07 Å². The van der Waals surface area contributed by atoms with Gasteiger partial charge < -0.3 is 4.74 Å². The Hall–Kier alpha value is -1.06. The van der Waals surface area contributed by atoms with Gasteiger partial charge in [0.1, 0.15) is 7.85 Å². The van der Waals surface area contributed by atoms with E-state index < -0.39 is 0 Å². The molecule has 0 amide bonds. The van der Waals surface area contributed by atoms with Crippen LogP contribution in [-0.4, -0.2) is 24.3 Å². The summed E-state index contributed by atoms with van der Waals surface area (Å²) >= 11 is 0. The zero-order valence-electron chi connectivity index (χ0n) is 6.66. The maximum Gasteiger partial charge on any atom is 0.315 e. The molecular weight excluding hydrogens is 139 g/mol. The highest BCUT2D eigenvalue weighted by atomic mass is 16.5. The molecule has 3 nitrogen and oxygen atoms in total. The van der Waals surface area contributed by atoms with Crippen LogP contribution in [-0.2, 0) is 0 Å². The number of ether oxygens (including phenoxy) is 1. The number of hydrogen-bond acceptors (Lipinski definition) is 3. The van der Waals surface area contributed by atoms with Crippen molar-refractivity contribution in [2.75, 3.05) is 6.51 Å². The Morgan fingerprint density at radius 2 is 1.91 bits per heavy atom. The molecule has 0 aliphatic carbocycles. The normalized spacial score (nSPS) is 9.64. The summed E-state index contributed by atoms with van der Waals surface area (Å²) < 4.78 is 4.92. The van der Waals surface area contributed by atoms with Crippen LogP contribution >= 0.6 is 0 Å². The lowest BCUT2D eigenvalue weighted by atomic mass is 10.2. The lowest BCUT2D eigenvalue weighted by Crippen LogP contribution is -2.01. The molecule has 1 aromatic heterocycles. The van der Waals surface area contributed by atoms with Crippen LogP contribution in [0.4, 0.5) is 0 Å². The predicted octanol–water partition coefficient (Wildman–Crippen LogP) is 0.598. The van der Waals surface area contributed by atoms with Crippen LogP contribution in [0.5, 0.6) is 6.01 Å².